The number of rotatable bonds is 2. The topological polar surface area (TPSA) is 0 Å². The second kappa shape index (κ2) is 4.66. The third-order valence-corrected chi connectivity index (χ3v) is 3.42. The van der Waals surface area contributed by atoms with Gasteiger partial charge >= 0.3 is 0 Å². The molecule has 0 aliphatic heterocycles. The Kier molecular flexibility index (Phi) is 2.85. The van der Waals surface area contributed by atoms with E-state index in [9.17, 15) is 0 Å². The lowest BCUT2D eigenvalue weighted by atomic mass is 9.99. The van der Waals surface area contributed by atoms with Gasteiger partial charge in [0.15, 0.2) is 0 Å². The van der Waals surface area contributed by atoms with E-state index < -0.39 is 0 Å². The quantitative estimate of drug-likeness (QED) is 0.578. The zero-order valence-electron chi connectivity index (χ0n) is 10.6. The first-order chi connectivity index (χ1) is 8.86. The number of fused-ring (bicyclic) bond motifs is 1. The highest BCUT2D eigenvalue weighted by atomic mass is 14.0. The normalized spacial score (nSPS) is 10.7. The number of aryl methyl sites for hydroxylation is 1. The third-order valence-electron chi connectivity index (χ3n) is 3.42. The van der Waals surface area contributed by atoms with Crippen LogP contribution < -0.4 is 0 Å². The zero-order valence-corrected chi connectivity index (χ0v) is 10.6. The van der Waals surface area contributed by atoms with Crippen molar-refractivity contribution >= 4 is 10.8 Å². The molecule has 0 bridgehead atoms. The highest BCUT2D eigenvalue weighted by Crippen LogP contribution is 2.25. The second-order valence-electron chi connectivity index (χ2n) is 4.62. The molecular formula is C18H16. The number of benzene rings is 3. The minimum Gasteiger partial charge on any atom is -0.0622 e. The van der Waals surface area contributed by atoms with Gasteiger partial charge in [-0.3, -0.25) is 0 Å². The molecule has 0 heteroatoms. The molecule has 18 heavy (non-hydrogen) atoms. The van der Waals surface area contributed by atoms with E-state index in [0.717, 1.165) is 6.42 Å². The maximum Gasteiger partial charge on any atom is -0.0175 e. The van der Waals surface area contributed by atoms with Crippen molar-refractivity contribution in [2.45, 2.75) is 13.3 Å². The summed E-state index contributed by atoms with van der Waals surface area (Å²) in [6.07, 6.45) is 1.09. The molecule has 3 aromatic rings. The second-order valence-corrected chi connectivity index (χ2v) is 4.62. The fraction of sp³-hybridized carbons (Fsp3) is 0.111. The van der Waals surface area contributed by atoms with Crippen molar-refractivity contribution in [2.75, 3.05) is 0 Å². The fourth-order valence-electron chi connectivity index (χ4n) is 2.33. The minimum atomic E-state index is 1.09. The first kappa shape index (κ1) is 11.0. The van der Waals surface area contributed by atoms with Crippen molar-refractivity contribution in [3.05, 3.63) is 72.3 Å². The standard InChI is InChI=1S/C18H16/c1-2-14-8-9-16-10-11-17(13-18(16)12-14)15-6-4-3-5-7-15/h3-13H,2H2,1H3. The van der Waals surface area contributed by atoms with Crippen molar-refractivity contribution in [1.29, 1.82) is 0 Å². The van der Waals surface area contributed by atoms with Crippen LogP contribution in [0.15, 0.2) is 66.7 Å². The van der Waals surface area contributed by atoms with E-state index in [4.69, 9.17) is 0 Å². The Hall–Kier alpha value is -2.08. The smallest absolute Gasteiger partial charge is 0.0175 e. The summed E-state index contributed by atoms with van der Waals surface area (Å²) >= 11 is 0. The number of hydrogen-bond donors (Lipinski definition) is 0. The summed E-state index contributed by atoms with van der Waals surface area (Å²) in [5.74, 6) is 0. The molecule has 0 nitrogen and oxygen atoms in total. The van der Waals surface area contributed by atoms with Crippen molar-refractivity contribution < 1.29 is 0 Å². The van der Waals surface area contributed by atoms with E-state index in [2.05, 4.69) is 73.7 Å². The molecule has 0 atom stereocenters. The van der Waals surface area contributed by atoms with Gasteiger partial charge in [-0.2, -0.15) is 0 Å². The maximum atomic E-state index is 2.29. The van der Waals surface area contributed by atoms with Gasteiger partial charge in [0.05, 0.1) is 0 Å². The Morgan fingerprint density at radius 3 is 2.22 bits per heavy atom. The van der Waals surface area contributed by atoms with Crippen molar-refractivity contribution in [2.24, 2.45) is 0 Å². The molecule has 0 heterocycles. The lowest BCUT2D eigenvalue weighted by Gasteiger charge is -2.05. The predicted molar refractivity (Wildman–Crippen MR) is 78.8 cm³/mol. The third kappa shape index (κ3) is 2.02. The van der Waals surface area contributed by atoms with Crippen molar-refractivity contribution in [3.63, 3.8) is 0 Å². The summed E-state index contributed by atoms with van der Waals surface area (Å²) in [4.78, 5) is 0. The Labute approximate surface area is 108 Å². The van der Waals surface area contributed by atoms with Crippen LogP contribution in [0.4, 0.5) is 0 Å². The predicted octanol–water partition coefficient (Wildman–Crippen LogP) is 5.07. The SMILES string of the molecule is CCc1ccc2ccc(-c3ccccc3)cc2c1. The lowest BCUT2D eigenvalue weighted by molar-refractivity contribution is 1.15. The summed E-state index contributed by atoms with van der Waals surface area (Å²) in [6.45, 7) is 2.20. The zero-order chi connectivity index (χ0) is 12.4. The van der Waals surface area contributed by atoms with Gasteiger partial charge in [0.2, 0.25) is 0 Å². The summed E-state index contributed by atoms with van der Waals surface area (Å²) in [6, 6.07) is 23.9. The van der Waals surface area contributed by atoms with Crippen LogP contribution in [0.5, 0.6) is 0 Å². The van der Waals surface area contributed by atoms with Crippen LogP contribution in [0.2, 0.25) is 0 Å². The van der Waals surface area contributed by atoms with Gasteiger partial charge in [-0.05, 0) is 39.9 Å². The molecule has 0 saturated heterocycles. The minimum absolute atomic E-state index is 1.09. The molecule has 0 spiro atoms. The van der Waals surface area contributed by atoms with Gasteiger partial charge in [0.25, 0.3) is 0 Å². The Morgan fingerprint density at radius 1 is 0.667 bits per heavy atom. The first-order valence-corrected chi connectivity index (χ1v) is 6.45. The van der Waals surface area contributed by atoms with E-state index in [0.29, 0.717) is 0 Å². The van der Waals surface area contributed by atoms with Crippen LogP contribution in [-0.4, -0.2) is 0 Å². The van der Waals surface area contributed by atoms with E-state index in [1.165, 1.54) is 27.5 Å². The van der Waals surface area contributed by atoms with Crippen molar-refractivity contribution in [1.82, 2.24) is 0 Å². The summed E-state index contributed by atoms with van der Waals surface area (Å²) in [7, 11) is 0. The first-order valence-electron chi connectivity index (χ1n) is 6.45. The van der Waals surface area contributed by atoms with Gasteiger partial charge < -0.3 is 0 Å². The molecule has 88 valence electrons. The van der Waals surface area contributed by atoms with Crippen LogP contribution in [-0.2, 0) is 6.42 Å². The molecule has 0 N–H and O–H groups in total. The van der Waals surface area contributed by atoms with Crippen LogP contribution >= 0.6 is 0 Å². The summed E-state index contributed by atoms with van der Waals surface area (Å²) in [5, 5.41) is 2.64. The highest BCUT2D eigenvalue weighted by Gasteiger charge is 2.00. The average Bonchev–Trinajstić information content (AvgIpc) is 2.47. The van der Waals surface area contributed by atoms with E-state index in [1.807, 2.05) is 0 Å². The van der Waals surface area contributed by atoms with Gasteiger partial charge in [0, 0.05) is 0 Å². The van der Waals surface area contributed by atoms with Crippen LogP contribution in [0.3, 0.4) is 0 Å². The maximum absolute atomic E-state index is 2.29. The highest BCUT2D eigenvalue weighted by molar-refractivity contribution is 5.87. The Bertz CT molecular complexity index is 666. The molecule has 3 aromatic carbocycles. The lowest BCUT2D eigenvalue weighted by Crippen LogP contribution is -1.82. The van der Waals surface area contributed by atoms with E-state index in [-0.39, 0.29) is 0 Å². The molecule has 0 aromatic heterocycles. The average molecular weight is 232 g/mol. The van der Waals surface area contributed by atoms with E-state index in [1.54, 1.807) is 0 Å². The Morgan fingerprint density at radius 2 is 1.44 bits per heavy atom. The van der Waals surface area contributed by atoms with Gasteiger partial charge in [-0.1, -0.05) is 67.6 Å². The van der Waals surface area contributed by atoms with Crippen LogP contribution in [0.25, 0.3) is 21.9 Å². The van der Waals surface area contributed by atoms with Gasteiger partial charge in [-0.15, -0.1) is 0 Å². The van der Waals surface area contributed by atoms with Crippen LogP contribution in [0, 0.1) is 0 Å². The molecule has 0 fully saturated rings. The fourth-order valence-corrected chi connectivity index (χ4v) is 2.33. The molecular weight excluding hydrogens is 216 g/mol. The monoisotopic (exact) mass is 232 g/mol. The Balaban J connectivity index is 2.15. The molecule has 0 aliphatic carbocycles. The van der Waals surface area contributed by atoms with Gasteiger partial charge in [-0.25, -0.2) is 0 Å². The molecule has 0 radical (unpaired) electrons. The molecule has 0 unspecified atom stereocenters. The molecule has 3 rings (SSSR count). The molecule has 0 aliphatic rings. The van der Waals surface area contributed by atoms with Crippen LogP contribution in [0.1, 0.15) is 12.5 Å². The molecule has 0 saturated carbocycles. The summed E-state index contributed by atoms with van der Waals surface area (Å²) < 4.78 is 0. The van der Waals surface area contributed by atoms with Gasteiger partial charge in [0.1, 0.15) is 0 Å². The van der Waals surface area contributed by atoms with Crippen molar-refractivity contribution in [3.8, 4) is 11.1 Å². The molecule has 0 amide bonds. The van der Waals surface area contributed by atoms with E-state index >= 15 is 0 Å². The largest absolute Gasteiger partial charge is 0.0622 e. The number of hydrogen-bond acceptors (Lipinski definition) is 0. The summed E-state index contributed by atoms with van der Waals surface area (Å²) in [5.41, 5.74) is 3.96.